The molecule has 1 aliphatic heterocycles. The van der Waals surface area contributed by atoms with Crippen LogP contribution >= 0.6 is 11.6 Å². The molecule has 6 nitrogen and oxygen atoms in total. The number of aromatic amines is 1. The predicted molar refractivity (Wildman–Crippen MR) is 125 cm³/mol. The molecule has 1 N–H and O–H groups in total. The van der Waals surface area contributed by atoms with Crippen LogP contribution in [0.25, 0.3) is 22.2 Å². The smallest absolute Gasteiger partial charge is 0.254 e. The van der Waals surface area contributed by atoms with E-state index in [1.54, 1.807) is 30.2 Å². The van der Waals surface area contributed by atoms with Gasteiger partial charge in [0.2, 0.25) is 0 Å². The number of amides is 1. The summed E-state index contributed by atoms with van der Waals surface area (Å²) in [7, 11) is 1.55. The number of H-pyrrole nitrogens is 1. The van der Waals surface area contributed by atoms with E-state index in [-0.39, 0.29) is 5.91 Å². The third-order valence-electron chi connectivity index (χ3n) is 5.66. The number of halogens is 1. The van der Waals surface area contributed by atoms with E-state index >= 15 is 0 Å². The van der Waals surface area contributed by atoms with Gasteiger partial charge in [0, 0.05) is 17.7 Å². The Hall–Kier alpha value is -3.51. The third-order valence-corrected chi connectivity index (χ3v) is 5.96. The summed E-state index contributed by atoms with van der Waals surface area (Å²) in [5.74, 6) is 2.14. The number of aromatic nitrogens is 2. The van der Waals surface area contributed by atoms with E-state index in [4.69, 9.17) is 21.1 Å². The fraction of sp³-hybridized carbons (Fsp3) is 0.200. The van der Waals surface area contributed by atoms with Crippen LogP contribution < -0.4 is 9.47 Å². The third kappa shape index (κ3) is 3.78. The summed E-state index contributed by atoms with van der Waals surface area (Å²) in [6, 6.07) is 17.4. The van der Waals surface area contributed by atoms with Gasteiger partial charge in [0.15, 0.2) is 0 Å². The number of hydrogen-bond donors (Lipinski definition) is 1. The number of ether oxygens (including phenoxy) is 2. The maximum Gasteiger partial charge on any atom is 0.254 e. The number of fused-ring (bicyclic) bond motifs is 2. The molecule has 0 unspecified atom stereocenters. The summed E-state index contributed by atoms with van der Waals surface area (Å²) < 4.78 is 11.1. The largest absolute Gasteiger partial charge is 0.495 e. The zero-order valence-electron chi connectivity index (χ0n) is 17.8. The fourth-order valence-electron chi connectivity index (χ4n) is 4.04. The minimum absolute atomic E-state index is 0.0928. The number of nitrogens with one attached hydrogen (secondary N) is 1. The summed E-state index contributed by atoms with van der Waals surface area (Å²) in [5, 5.41) is 0.413. The minimum atomic E-state index is -0.0928. The van der Waals surface area contributed by atoms with Crippen molar-refractivity contribution >= 4 is 28.5 Å². The van der Waals surface area contributed by atoms with Crippen molar-refractivity contribution in [3.8, 4) is 22.6 Å². The number of aryl methyl sites for hydroxylation is 1. The molecule has 0 saturated heterocycles. The molecule has 3 aromatic carbocycles. The molecule has 1 amide bonds. The molecular formula is C25H22ClN3O3. The van der Waals surface area contributed by atoms with Crippen LogP contribution in [0.5, 0.6) is 11.5 Å². The minimum Gasteiger partial charge on any atom is -0.495 e. The Morgan fingerprint density at radius 2 is 1.94 bits per heavy atom. The van der Waals surface area contributed by atoms with Gasteiger partial charge < -0.3 is 19.4 Å². The zero-order chi connectivity index (χ0) is 22.2. The quantitative estimate of drug-likeness (QED) is 0.466. The summed E-state index contributed by atoms with van der Waals surface area (Å²) >= 11 is 6.23. The van der Waals surface area contributed by atoms with Gasteiger partial charge in [-0.15, -0.1) is 0 Å². The van der Waals surface area contributed by atoms with Crippen LogP contribution in [0.3, 0.4) is 0 Å². The van der Waals surface area contributed by atoms with E-state index in [1.807, 2.05) is 25.1 Å². The number of methoxy groups -OCH3 is 1. The van der Waals surface area contributed by atoms with E-state index in [1.165, 1.54) is 0 Å². The highest BCUT2D eigenvalue weighted by atomic mass is 35.5. The lowest BCUT2D eigenvalue weighted by Crippen LogP contribution is -2.32. The first-order valence-electron chi connectivity index (χ1n) is 10.4. The molecule has 0 atom stereocenters. The predicted octanol–water partition coefficient (Wildman–Crippen LogP) is 5.24. The molecule has 7 heteroatoms. The molecule has 32 heavy (non-hydrogen) atoms. The molecule has 0 aliphatic carbocycles. The number of rotatable bonds is 3. The first kappa shape index (κ1) is 20.4. The molecular weight excluding hydrogens is 426 g/mol. The Morgan fingerprint density at radius 1 is 1.12 bits per heavy atom. The molecule has 162 valence electrons. The lowest BCUT2D eigenvalue weighted by atomic mass is 10.0. The van der Waals surface area contributed by atoms with Gasteiger partial charge in [0.1, 0.15) is 23.9 Å². The maximum absolute atomic E-state index is 13.2. The maximum atomic E-state index is 13.2. The highest BCUT2D eigenvalue weighted by Crippen LogP contribution is 2.32. The second-order valence-corrected chi connectivity index (χ2v) is 8.21. The van der Waals surface area contributed by atoms with Gasteiger partial charge in [0.05, 0.1) is 29.7 Å². The van der Waals surface area contributed by atoms with Crippen molar-refractivity contribution in [3.05, 3.63) is 76.6 Å². The van der Waals surface area contributed by atoms with Crippen LogP contribution in [0.1, 0.15) is 21.7 Å². The number of benzene rings is 3. The number of nitrogens with zero attached hydrogens (tertiary/aromatic N) is 2. The molecule has 2 heterocycles. The van der Waals surface area contributed by atoms with Gasteiger partial charge in [-0.05, 0) is 60.5 Å². The van der Waals surface area contributed by atoms with Crippen molar-refractivity contribution in [3.63, 3.8) is 0 Å². The zero-order valence-corrected chi connectivity index (χ0v) is 18.6. The van der Waals surface area contributed by atoms with Crippen LogP contribution in [0.15, 0.2) is 54.6 Å². The number of carbonyl (C=O) groups excluding carboxylic acids is 1. The first-order valence-corrected chi connectivity index (χ1v) is 10.7. The Labute approximate surface area is 190 Å². The van der Waals surface area contributed by atoms with Crippen LogP contribution in [0.2, 0.25) is 5.02 Å². The first-order chi connectivity index (χ1) is 15.5. The van der Waals surface area contributed by atoms with Crippen LogP contribution in [-0.4, -0.2) is 41.0 Å². The van der Waals surface area contributed by atoms with Gasteiger partial charge >= 0.3 is 0 Å². The second-order valence-electron chi connectivity index (χ2n) is 7.80. The van der Waals surface area contributed by atoms with Crippen LogP contribution in [0.4, 0.5) is 0 Å². The van der Waals surface area contributed by atoms with E-state index in [0.717, 1.165) is 39.3 Å². The van der Waals surface area contributed by atoms with Gasteiger partial charge in [-0.25, -0.2) is 4.98 Å². The van der Waals surface area contributed by atoms with Crippen molar-refractivity contribution < 1.29 is 14.3 Å². The van der Waals surface area contributed by atoms with Gasteiger partial charge in [0.25, 0.3) is 5.91 Å². The number of imidazole rings is 1. The molecule has 4 aromatic rings. The number of carbonyl (C=O) groups is 1. The molecule has 0 fully saturated rings. The Morgan fingerprint density at radius 3 is 2.75 bits per heavy atom. The van der Waals surface area contributed by atoms with E-state index in [2.05, 4.69) is 28.2 Å². The fourth-order valence-corrected chi connectivity index (χ4v) is 4.30. The Balaban J connectivity index is 1.45. The van der Waals surface area contributed by atoms with Gasteiger partial charge in [-0.3, -0.25) is 4.79 Å². The molecule has 0 radical (unpaired) electrons. The van der Waals surface area contributed by atoms with Crippen molar-refractivity contribution in [1.82, 2.24) is 14.9 Å². The van der Waals surface area contributed by atoms with Crippen molar-refractivity contribution in [2.75, 3.05) is 20.3 Å². The highest BCUT2D eigenvalue weighted by molar-refractivity contribution is 6.32. The molecule has 0 spiro atoms. The SMILES string of the molecule is COc1ccc(C(=O)N2CCOc3ccc(-c4ccc5[nH]c(C)nc5c4)cc3C2)cc1Cl. The number of hydrogen-bond acceptors (Lipinski definition) is 4. The topological polar surface area (TPSA) is 67.4 Å². The summed E-state index contributed by atoms with van der Waals surface area (Å²) in [5.41, 5.74) is 5.55. The monoisotopic (exact) mass is 447 g/mol. The van der Waals surface area contributed by atoms with E-state index in [0.29, 0.717) is 36.0 Å². The molecule has 0 saturated carbocycles. The summed E-state index contributed by atoms with van der Waals surface area (Å²) in [6.07, 6.45) is 0. The van der Waals surface area contributed by atoms with Crippen molar-refractivity contribution in [2.24, 2.45) is 0 Å². The van der Waals surface area contributed by atoms with Crippen LogP contribution in [0, 0.1) is 6.92 Å². The van der Waals surface area contributed by atoms with E-state index < -0.39 is 0 Å². The molecule has 1 aliphatic rings. The normalized spacial score (nSPS) is 13.4. The van der Waals surface area contributed by atoms with Crippen molar-refractivity contribution in [1.29, 1.82) is 0 Å². The average Bonchev–Trinajstić information content (AvgIpc) is 3.04. The van der Waals surface area contributed by atoms with E-state index in [9.17, 15) is 4.79 Å². The van der Waals surface area contributed by atoms with Crippen molar-refractivity contribution in [2.45, 2.75) is 13.5 Å². The molecule has 5 rings (SSSR count). The summed E-state index contributed by atoms with van der Waals surface area (Å²) in [6.45, 7) is 3.32. The molecule has 1 aromatic heterocycles. The molecule has 0 bridgehead atoms. The Kier molecular flexibility index (Phi) is 5.23. The Bertz CT molecular complexity index is 1330. The van der Waals surface area contributed by atoms with Gasteiger partial charge in [-0.2, -0.15) is 0 Å². The lowest BCUT2D eigenvalue weighted by Gasteiger charge is -2.20. The lowest BCUT2D eigenvalue weighted by molar-refractivity contribution is 0.0733. The standard InChI is InChI=1S/C25H22ClN3O3/c1-15-27-21-6-3-17(13-22(21)28-15)16-4-7-23-19(11-16)14-29(9-10-32-23)25(30)18-5-8-24(31-2)20(26)12-18/h3-8,11-13H,9-10,14H2,1-2H3,(H,27,28). The second kappa shape index (κ2) is 8.20. The average molecular weight is 448 g/mol. The summed E-state index contributed by atoms with van der Waals surface area (Å²) in [4.78, 5) is 22.7. The highest BCUT2D eigenvalue weighted by Gasteiger charge is 2.22. The van der Waals surface area contributed by atoms with Gasteiger partial charge in [-0.1, -0.05) is 23.7 Å². The van der Waals surface area contributed by atoms with Crippen LogP contribution in [-0.2, 0) is 6.54 Å².